The molecule has 1 rings (SSSR count). The van der Waals surface area contributed by atoms with Crippen molar-refractivity contribution in [3.8, 4) is 5.75 Å². The summed E-state index contributed by atoms with van der Waals surface area (Å²) in [5.41, 5.74) is -0.561. The van der Waals surface area contributed by atoms with Gasteiger partial charge in [0.1, 0.15) is 0 Å². The van der Waals surface area contributed by atoms with Gasteiger partial charge < -0.3 is 4.74 Å². The fourth-order valence-corrected chi connectivity index (χ4v) is 2.17. The van der Waals surface area contributed by atoms with E-state index in [0.717, 1.165) is 12.1 Å². The zero-order valence-electron chi connectivity index (χ0n) is 7.81. The lowest BCUT2D eigenvalue weighted by atomic mass is 10.3. The molecule has 0 fully saturated rings. The Morgan fingerprint density at radius 2 is 2.00 bits per heavy atom. The van der Waals surface area contributed by atoms with Crippen LogP contribution in [0, 0.1) is 10.1 Å². The van der Waals surface area contributed by atoms with Crippen molar-refractivity contribution in [2.24, 2.45) is 0 Å². The molecule has 6 nitrogen and oxygen atoms in total. The Kier molecular flexibility index (Phi) is 3.61. The average Bonchev–Trinajstić information content (AvgIpc) is 2.14. The molecule has 0 amide bonds. The van der Waals surface area contributed by atoms with Crippen LogP contribution in [0.1, 0.15) is 0 Å². The summed E-state index contributed by atoms with van der Waals surface area (Å²) >= 11 is 5.63. The average molecular weight is 286 g/mol. The highest BCUT2D eigenvalue weighted by atomic mass is 35.7. The molecular weight excluding hydrogens is 281 g/mol. The van der Waals surface area contributed by atoms with Gasteiger partial charge in [0, 0.05) is 16.7 Å². The highest BCUT2D eigenvalue weighted by Gasteiger charge is 2.23. The summed E-state index contributed by atoms with van der Waals surface area (Å²) in [6.45, 7) is 0. The third-order valence-electron chi connectivity index (χ3n) is 1.68. The summed E-state index contributed by atoms with van der Waals surface area (Å²) in [7, 11) is 2.16. The molecule has 0 bridgehead atoms. The minimum absolute atomic E-state index is 0.198. The molecule has 0 spiro atoms. The van der Waals surface area contributed by atoms with E-state index in [9.17, 15) is 18.5 Å². The molecule has 0 saturated heterocycles. The van der Waals surface area contributed by atoms with Crippen molar-refractivity contribution in [1.29, 1.82) is 0 Å². The molecule has 0 aliphatic heterocycles. The molecule has 88 valence electrons. The van der Waals surface area contributed by atoms with Crippen molar-refractivity contribution >= 4 is 37.0 Å². The number of hydrogen-bond acceptors (Lipinski definition) is 5. The molecule has 0 saturated carbocycles. The molecule has 0 N–H and O–H groups in total. The van der Waals surface area contributed by atoms with Crippen molar-refractivity contribution in [3.05, 3.63) is 27.3 Å². The number of methoxy groups -OCH3 is 1. The third kappa shape index (κ3) is 2.55. The maximum Gasteiger partial charge on any atom is 0.313 e. The molecule has 1 aromatic rings. The first kappa shape index (κ1) is 13.0. The molecule has 0 aromatic heterocycles. The molecule has 0 radical (unpaired) electrons. The number of ether oxygens (including phenoxy) is 1. The Labute approximate surface area is 100 Å². The Hall–Kier alpha value is -1.05. The van der Waals surface area contributed by atoms with Gasteiger partial charge in [0.25, 0.3) is 9.05 Å². The minimum Gasteiger partial charge on any atom is -0.489 e. The van der Waals surface area contributed by atoms with Crippen LogP contribution in [0.3, 0.4) is 0 Å². The molecule has 0 atom stereocenters. The van der Waals surface area contributed by atoms with E-state index in [1.54, 1.807) is 0 Å². The zero-order chi connectivity index (χ0) is 12.5. The number of rotatable bonds is 3. The van der Waals surface area contributed by atoms with Gasteiger partial charge in [-0.1, -0.05) is 11.6 Å². The fourth-order valence-electron chi connectivity index (χ4n) is 1.03. The maximum absolute atomic E-state index is 11.0. The second-order valence-corrected chi connectivity index (χ2v) is 5.63. The number of nitro groups is 1. The smallest absolute Gasteiger partial charge is 0.313 e. The predicted octanol–water partition coefficient (Wildman–Crippen LogP) is 2.18. The fraction of sp³-hybridized carbons (Fsp3) is 0.143. The highest BCUT2D eigenvalue weighted by molar-refractivity contribution is 8.13. The van der Waals surface area contributed by atoms with Crippen LogP contribution in [0.25, 0.3) is 0 Å². The van der Waals surface area contributed by atoms with E-state index in [2.05, 4.69) is 0 Å². The predicted molar refractivity (Wildman–Crippen MR) is 57.7 cm³/mol. The van der Waals surface area contributed by atoms with E-state index in [4.69, 9.17) is 27.0 Å². The molecule has 0 aliphatic carbocycles. The Morgan fingerprint density at radius 3 is 2.38 bits per heavy atom. The second-order valence-electron chi connectivity index (χ2n) is 2.65. The molecule has 0 aliphatic rings. The van der Waals surface area contributed by atoms with Gasteiger partial charge in [-0.05, 0) is 6.07 Å². The zero-order valence-corrected chi connectivity index (χ0v) is 10.1. The molecule has 0 unspecified atom stereocenters. The van der Waals surface area contributed by atoms with Crippen LogP contribution in [0.2, 0.25) is 5.02 Å². The van der Waals surface area contributed by atoms with Crippen LogP contribution >= 0.6 is 22.3 Å². The summed E-state index contributed by atoms with van der Waals surface area (Å²) in [5, 5.41) is 10.4. The van der Waals surface area contributed by atoms with Gasteiger partial charge in [-0.3, -0.25) is 10.1 Å². The van der Waals surface area contributed by atoms with Crippen LogP contribution < -0.4 is 4.74 Å². The lowest BCUT2D eigenvalue weighted by Gasteiger charge is -2.05. The van der Waals surface area contributed by atoms with Gasteiger partial charge >= 0.3 is 5.69 Å². The quantitative estimate of drug-likeness (QED) is 0.483. The van der Waals surface area contributed by atoms with Gasteiger partial charge in [-0.15, -0.1) is 0 Å². The van der Waals surface area contributed by atoms with E-state index >= 15 is 0 Å². The summed E-state index contributed by atoms with van der Waals surface area (Å²) in [6, 6.07) is 1.77. The van der Waals surface area contributed by atoms with Crippen LogP contribution in [-0.2, 0) is 9.05 Å². The maximum atomic E-state index is 11.0. The summed E-state index contributed by atoms with van der Waals surface area (Å²) in [4.78, 5) is 9.38. The topological polar surface area (TPSA) is 86.5 Å². The SMILES string of the molecule is COc1c(Cl)cc(S(=O)(=O)Cl)cc1[N+](=O)[O-]. The summed E-state index contributed by atoms with van der Waals surface area (Å²) in [6.07, 6.45) is 0. The van der Waals surface area contributed by atoms with Gasteiger partial charge in [0.15, 0.2) is 0 Å². The normalized spacial score (nSPS) is 11.2. The largest absolute Gasteiger partial charge is 0.489 e. The lowest BCUT2D eigenvalue weighted by Crippen LogP contribution is -1.98. The lowest BCUT2D eigenvalue weighted by molar-refractivity contribution is -0.386. The van der Waals surface area contributed by atoms with E-state index in [-0.39, 0.29) is 10.8 Å². The summed E-state index contributed by atoms with van der Waals surface area (Å²) < 4.78 is 26.7. The Morgan fingerprint density at radius 1 is 1.44 bits per heavy atom. The monoisotopic (exact) mass is 285 g/mol. The van der Waals surface area contributed by atoms with Gasteiger partial charge in [-0.2, -0.15) is 0 Å². The molecule has 9 heteroatoms. The molecule has 1 aromatic carbocycles. The molecular formula is C7H5Cl2NO5S. The number of benzene rings is 1. The first-order valence-electron chi connectivity index (χ1n) is 3.74. The minimum atomic E-state index is -4.08. The van der Waals surface area contributed by atoms with Crippen LogP contribution in [0.15, 0.2) is 17.0 Å². The number of nitrogens with zero attached hydrogens (tertiary/aromatic N) is 1. The van der Waals surface area contributed by atoms with E-state index < -0.39 is 24.6 Å². The van der Waals surface area contributed by atoms with Crippen molar-refractivity contribution in [2.75, 3.05) is 7.11 Å². The van der Waals surface area contributed by atoms with Crippen LogP contribution in [0.5, 0.6) is 5.75 Å². The number of nitro benzene ring substituents is 1. The van der Waals surface area contributed by atoms with E-state index in [1.807, 2.05) is 0 Å². The van der Waals surface area contributed by atoms with Crippen molar-refractivity contribution in [2.45, 2.75) is 4.90 Å². The van der Waals surface area contributed by atoms with Gasteiger partial charge in [-0.25, -0.2) is 8.42 Å². The number of halogens is 2. The van der Waals surface area contributed by atoms with Crippen LogP contribution in [0.4, 0.5) is 5.69 Å². The Bertz CT molecular complexity index is 542. The van der Waals surface area contributed by atoms with E-state index in [0.29, 0.717) is 0 Å². The van der Waals surface area contributed by atoms with E-state index in [1.165, 1.54) is 7.11 Å². The first-order valence-corrected chi connectivity index (χ1v) is 6.42. The molecule has 0 heterocycles. The number of hydrogen-bond donors (Lipinski definition) is 0. The van der Waals surface area contributed by atoms with Crippen LogP contribution in [-0.4, -0.2) is 20.5 Å². The highest BCUT2D eigenvalue weighted by Crippen LogP contribution is 2.37. The van der Waals surface area contributed by atoms with Crippen molar-refractivity contribution < 1.29 is 18.1 Å². The standard InChI is InChI=1S/C7H5Cl2NO5S/c1-15-7-5(8)2-4(16(9,13)14)3-6(7)10(11)12/h2-3H,1H3. The first-order chi connectivity index (χ1) is 7.27. The van der Waals surface area contributed by atoms with Gasteiger partial charge in [0.05, 0.1) is 22.0 Å². The second kappa shape index (κ2) is 4.44. The van der Waals surface area contributed by atoms with Crippen molar-refractivity contribution in [3.63, 3.8) is 0 Å². The van der Waals surface area contributed by atoms with Gasteiger partial charge in [0.2, 0.25) is 5.75 Å². The molecule has 16 heavy (non-hydrogen) atoms. The summed E-state index contributed by atoms with van der Waals surface area (Å²) in [5.74, 6) is -0.212. The van der Waals surface area contributed by atoms with Crippen molar-refractivity contribution in [1.82, 2.24) is 0 Å². The Balaban J connectivity index is 3.59. The third-order valence-corrected chi connectivity index (χ3v) is 3.29.